The number of H-pyrrole nitrogens is 1. The van der Waals surface area contributed by atoms with E-state index in [0.29, 0.717) is 44.1 Å². The summed E-state index contributed by atoms with van der Waals surface area (Å²) in [5.74, 6) is -0.262. The summed E-state index contributed by atoms with van der Waals surface area (Å²) in [7, 11) is 0. The van der Waals surface area contributed by atoms with Crippen LogP contribution in [-0.2, 0) is 11.3 Å². The van der Waals surface area contributed by atoms with Crippen LogP contribution < -0.4 is 5.32 Å². The highest BCUT2D eigenvalue weighted by molar-refractivity contribution is 6.04. The zero-order chi connectivity index (χ0) is 18.6. The van der Waals surface area contributed by atoms with Gasteiger partial charge in [-0.2, -0.15) is 5.10 Å². The van der Waals surface area contributed by atoms with E-state index in [1.807, 2.05) is 42.5 Å². The Hall–Kier alpha value is -3.19. The van der Waals surface area contributed by atoms with E-state index in [0.717, 1.165) is 16.5 Å². The van der Waals surface area contributed by atoms with Gasteiger partial charge in [0.05, 0.1) is 18.7 Å². The van der Waals surface area contributed by atoms with Crippen molar-refractivity contribution in [1.82, 2.24) is 20.4 Å². The van der Waals surface area contributed by atoms with Crippen molar-refractivity contribution in [2.45, 2.75) is 6.54 Å². The van der Waals surface area contributed by atoms with Gasteiger partial charge >= 0.3 is 0 Å². The summed E-state index contributed by atoms with van der Waals surface area (Å²) in [6, 6.07) is 14.8. The normalized spacial score (nSPS) is 14.3. The van der Waals surface area contributed by atoms with E-state index in [-0.39, 0.29) is 11.8 Å². The molecule has 1 saturated heterocycles. The Morgan fingerprint density at radius 3 is 2.78 bits per heavy atom. The summed E-state index contributed by atoms with van der Waals surface area (Å²) < 4.78 is 5.29. The summed E-state index contributed by atoms with van der Waals surface area (Å²) in [5, 5.41) is 10.6. The maximum atomic E-state index is 12.6. The highest BCUT2D eigenvalue weighted by Crippen LogP contribution is 2.15. The number of benzene rings is 2. The molecule has 0 saturated carbocycles. The third kappa shape index (κ3) is 3.68. The van der Waals surface area contributed by atoms with E-state index in [1.54, 1.807) is 11.0 Å². The Balaban J connectivity index is 1.44. The second kappa shape index (κ2) is 7.59. The number of hydrogen-bond donors (Lipinski definition) is 2. The molecule has 2 amide bonds. The molecule has 4 rings (SSSR count). The molecular formula is C20H20N4O3. The average molecular weight is 364 g/mol. The van der Waals surface area contributed by atoms with Gasteiger partial charge in [-0.15, -0.1) is 0 Å². The number of aromatic nitrogens is 2. The van der Waals surface area contributed by atoms with Crippen LogP contribution in [0.1, 0.15) is 26.4 Å². The van der Waals surface area contributed by atoms with Gasteiger partial charge in [0.25, 0.3) is 11.8 Å². The molecule has 0 bridgehead atoms. The lowest BCUT2D eigenvalue weighted by Gasteiger charge is -2.27. The number of rotatable bonds is 4. The molecule has 27 heavy (non-hydrogen) atoms. The molecule has 0 atom stereocenters. The highest BCUT2D eigenvalue weighted by atomic mass is 16.5. The molecule has 0 radical (unpaired) electrons. The SMILES string of the molecule is O=C(NCc1cccc(C(=O)N2CCOCC2)c1)c1n[nH]c2ccccc12. The second-order valence-corrected chi connectivity index (χ2v) is 6.41. The van der Waals surface area contributed by atoms with Gasteiger partial charge in [0.2, 0.25) is 0 Å². The van der Waals surface area contributed by atoms with Crippen molar-refractivity contribution in [3.63, 3.8) is 0 Å². The lowest BCUT2D eigenvalue weighted by molar-refractivity contribution is 0.0303. The number of ether oxygens (including phenoxy) is 1. The van der Waals surface area contributed by atoms with Gasteiger partial charge in [-0.05, 0) is 23.8 Å². The first-order valence-electron chi connectivity index (χ1n) is 8.89. The zero-order valence-corrected chi connectivity index (χ0v) is 14.8. The van der Waals surface area contributed by atoms with Crippen LogP contribution in [0.5, 0.6) is 0 Å². The summed E-state index contributed by atoms with van der Waals surface area (Å²) in [6.45, 7) is 2.67. The zero-order valence-electron chi connectivity index (χ0n) is 14.8. The van der Waals surface area contributed by atoms with Crippen molar-refractivity contribution >= 4 is 22.7 Å². The Bertz CT molecular complexity index is 976. The van der Waals surface area contributed by atoms with Crippen molar-refractivity contribution in [2.24, 2.45) is 0 Å². The number of carbonyl (C=O) groups is 2. The number of carbonyl (C=O) groups excluding carboxylic acids is 2. The molecule has 1 aliphatic heterocycles. The third-order valence-corrected chi connectivity index (χ3v) is 4.61. The molecule has 0 spiro atoms. The van der Waals surface area contributed by atoms with Crippen molar-refractivity contribution in [2.75, 3.05) is 26.3 Å². The van der Waals surface area contributed by atoms with Crippen LogP contribution in [0, 0.1) is 0 Å². The van der Waals surface area contributed by atoms with Crippen molar-refractivity contribution in [1.29, 1.82) is 0 Å². The number of fused-ring (bicyclic) bond motifs is 1. The first-order valence-corrected chi connectivity index (χ1v) is 8.89. The molecule has 3 aromatic rings. The minimum Gasteiger partial charge on any atom is -0.378 e. The first-order chi connectivity index (χ1) is 13.2. The van der Waals surface area contributed by atoms with Crippen LogP contribution in [0.2, 0.25) is 0 Å². The maximum absolute atomic E-state index is 12.6. The van der Waals surface area contributed by atoms with Crippen LogP contribution >= 0.6 is 0 Å². The number of nitrogens with zero attached hydrogens (tertiary/aromatic N) is 2. The van der Waals surface area contributed by atoms with E-state index >= 15 is 0 Å². The molecule has 2 heterocycles. The molecule has 1 fully saturated rings. The fraction of sp³-hybridized carbons (Fsp3) is 0.250. The topological polar surface area (TPSA) is 87.3 Å². The van der Waals surface area contributed by atoms with Crippen LogP contribution in [0.15, 0.2) is 48.5 Å². The minimum atomic E-state index is -0.252. The lowest BCUT2D eigenvalue weighted by Crippen LogP contribution is -2.40. The molecule has 2 aromatic carbocycles. The molecule has 0 unspecified atom stereocenters. The summed E-state index contributed by atoms with van der Waals surface area (Å²) in [6.07, 6.45) is 0. The van der Waals surface area contributed by atoms with Gasteiger partial charge in [-0.25, -0.2) is 0 Å². The van der Waals surface area contributed by atoms with E-state index in [2.05, 4.69) is 15.5 Å². The number of para-hydroxylation sites is 1. The summed E-state index contributed by atoms with van der Waals surface area (Å²) >= 11 is 0. The fourth-order valence-electron chi connectivity index (χ4n) is 3.17. The molecule has 7 nitrogen and oxygen atoms in total. The van der Waals surface area contributed by atoms with Crippen LogP contribution in [-0.4, -0.2) is 53.2 Å². The quantitative estimate of drug-likeness (QED) is 0.741. The van der Waals surface area contributed by atoms with E-state index < -0.39 is 0 Å². The molecule has 1 aromatic heterocycles. The van der Waals surface area contributed by atoms with E-state index in [9.17, 15) is 9.59 Å². The second-order valence-electron chi connectivity index (χ2n) is 6.41. The fourth-order valence-corrected chi connectivity index (χ4v) is 3.17. The Morgan fingerprint density at radius 1 is 1.11 bits per heavy atom. The molecule has 7 heteroatoms. The van der Waals surface area contributed by atoms with E-state index in [4.69, 9.17) is 4.74 Å². The monoisotopic (exact) mass is 364 g/mol. The minimum absolute atomic E-state index is 0.00947. The number of amides is 2. The first kappa shape index (κ1) is 17.2. The summed E-state index contributed by atoms with van der Waals surface area (Å²) in [4.78, 5) is 26.9. The Morgan fingerprint density at radius 2 is 1.93 bits per heavy atom. The summed E-state index contributed by atoms with van der Waals surface area (Å²) in [5.41, 5.74) is 2.67. The van der Waals surface area contributed by atoms with Crippen molar-refractivity contribution in [3.8, 4) is 0 Å². The average Bonchev–Trinajstić information content (AvgIpc) is 3.16. The third-order valence-electron chi connectivity index (χ3n) is 4.61. The molecule has 2 N–H and O–H groups in total. The molecule has 1 aliphatic rings. The Labute approximate surface area is 156 Å². The Kier molecular flexibility index (Phi) is 4.84. The van der Waals surface area contributed by atoms with Crippen LogP contribution in [0.4, 0.5) is 0 Å². The van der Waals surface area contributed by atoms with Crippen LogP contribution in [0.3, 0.4) is 0 Å². The van der Waals surface area contributed by atoms with Gasteiger partial charge in [0.15, 0.2) is 5.69 Å². The van der Waals surface area contributed by atoms with Crippen LogP contribution in [0.25, 0.3) is 10.9 Å². The number of nitrogens with one attached hydrogen (secondary N) is 2. The lowest BCUT2D eigenvalue weighted by atomic mass is 10.1. The number of morpholine rings is 1. The predicted octanol–water partition coefficient (Wildman–Crippen LogP) is 1.97. The predicted molar refractivity (Wildman–Crippen MR) is 100 cm³/mol. The highest BCUT2D eigenvalue weighted by Gasteiger charge is 2.19. The van der Waals surface area contributed by atoms with Gasteiger partial charge in [-0.1, -0.05) is 30.3 Å². The van der Waals surface area contributed by atoms with Gasteiger partial charge in [-0.3, -0.25) is 14.7 Å². The maximum Gasteiger partial charge on any atom is 0.272 e. The number of hydrogen-bond acceptors (Lipinski definition) is 4. The molecular weight excluding hydrogens is 344 g/mol. The van der Waals surface area contributed by atoms with E-state index in [1.165, 1.54) is 0 Å². The van der Waals surface area contributed by atoms with Crippen molar-refractivity contribution < 1.29 is 14.3 Å². The number of aromatic amines is 1. The van der Waals surface area contributed by atoms with Gasteiger partial charge in [0, 0.05) is 30.6 Å². The largest absolute Gasteiger partial charge is 0.378 e. The standard InChI is InChI=1S/C20H20N4O3/c25-19(18-16-6-1-2-7-17(16)22-23-18)21-13-14-4-3-5-15(12-14)20(26)24-8-10-27-11-9-24/h1-7,12H,8-11,13H2,(H,21,25)(H,22,23). The van der Waals surface area contributed by atoms with Gasteiger partial charge < -0.3 is 15.0 Å². The van der Waals surface area contributed by atoms with Gasteiger partial charge in [0.1, 0.15) is 0 Å². The smallest absolute Gasteiger partial charge is 0.272 e. The molecule has 138 valence electrons. The molecule has 0 aliphatic carbocycles. The van der Waals surface area contributed by atoms with Crippen molar-refractivity contribution in [3.05, 3.63) is 65.4 Å².